The molecule has 3 aromatic rings. The average molecular weight is 475 g/mol. The molecule has 0 saturated carbocycles. The topological polar surface area (TPSA) is 140 Å². The van der Waals surface area contributed by atoms with Crippen LogP contribution >= 0.6 is 0 Å². The number of carboxylic acid groups (broad SMARTS) is 1. The highest BCUT2D eigenvalue weighted by molar-refractivity contribution is 5.90. The van der Waals surface area contributed by atoms with Crippen LogP contribution in [0.25, 0.3) is 0 Å². The monoisotopic (exact) mass is 474 g/mol. The number of phenols is 1. The maximum atomic E-state index is 14.2. The van der Waals surface area contributed by atoms with Crippen LogP contribution < -0.4 is 11.1 Å². The summed E-state index contributed by atoms with van der Waals surface area (Å²) in [4.78, 5) is 27.9. The van der Waals surface area contributed by atoms with Crippen molar-refractivity contribution in [1.82, 2.24) is 10.2 Å². The van der Waals surface area contributed by atoms with Crippen molar-refractivity contribution in [1.29, 1.82) is 5.41 Å². The van der Waals surface area contributed by atoms with Gasteiger partial charge in [0.2, 0.25) is 5.91 Å². The molecule has 1 atom stereocenters. The van der Waals surface area contributed by atoms with Crippen molar-refractivity contribution in [2.24, 2.45) is 5.73 Å². The predicted molar refractivity (Wildman–Crippen MR) is 134 cm³/mol. The fourth-order valence-electron chi connectivity index (χ4n) is 4.06. The van der Waals surface area contributed by atoms with Gasteiger partial charge in [0, 0.05) is 13.1 Å². The Hall–Kier alpha value is -4.33. The minimum Gasteiger partial charge on any atom is -0.508 e. The number of carbonyl (C=O) groups is 2. The highest BCUT2D eigenvalue weighted by atomic mass is 16.4. The molecule has 3 aromatic carbocycles. The molecule has 0 saturated heterocycles. The summed E-state index contributed by atoms with van der Waals surface area (Å²) in [5.41, 5.74) is 7.46. The maximum absolute atomic E-state index is 14.2. The van der Waals surface area contributed by atoms with E-state index in [1.807, 2.05) is 60.7 Å². The molecule has 3 rings (SSSR count). The smallest absolute Gasteiger partial charge is 0.326 e. The molecule has 0 aliphatic heterocycles. The Labute approximate surface area is 204 Å². The lowest BCUT2D eigenvalue weighted by Gasteiger charge is -2.33. The Bertz CT molecular complexity index is 1100. The Kier molecular flexibility index (Phi) is 8.83. The lowest BCUT2D eigenvalue weighted by atomic mass is 9.89. The van der Waals surface area contributed by atoms with Gasteiger partial charge in [-0.15, -0.1) is 0 Å². The van der Waals surface area contributed by atoms with E-state index in [0.29, 0.717) is 18.5 Å². The second kappa shape index (κ2) is 12.2. The van der Waals surface area contributed by atoms with Crippen molar-refractivity contribution in [3.05, 3.63) is 102 Å². The van der Waals surface area contributed by atoms with Gasteiger partial charge in [0.05, 0.1) is 5.92 Å². The van der Waals surface area contributed by atoms with Gasteiger partial charge in [0.15, 0.2) is 5.96 Å². The normalized spacial score (nSPS) is 11.6. The average Bonchev–Trinajstić information content (AvgIpc) is 2.84. The highest BCUT2D eigenvalue weighted by Gasteiger charge is 2.35. The van der Waals surface area contributed by atoms with Crippen molar-refractivity contribution in [3.8, 4) is 5.75 Å². The third kappa shape index (κ3) is 7.07. The van der Waals surface area contributed by atoms with Crippen LogP contribution in [-0.2, 0) is 16.1 Å². The van der Waals surface area contributed by atoms with E-state index in [1.165, 1.54) is 17.0 Å². The molecule has 8 nitrogen and oxygen atoms in total. The number of nitrogens with two attached hydrogens (primary N) is 1. The van der Waals surface area contributed by atoms with E-state index >= 15 is 0 Å². The minimum absolute atomic E-state index is 0.0144. The predicted octanol–water partition coefficient (Wildman–Crippen LogP) is 3.27. The number of amides is 1. The fourth-order valence-corrected chi connectivity index (χ4v) is 4.06. The summed E-state index contributed by atoms with van der Waals surface area (Å²) in [6.07, 6.45) is 0.554. The first kappa shape index (κ1) is 25.3. The summed E-state index contributed by atoms with van der Waals surface area (Å²) in [5.74, 6) is -2.33. The largest absolute Gasteiger partial charge is 0.508 e. The second-order valence-electron chi connectivity index (χ2n) is 8.23. The zero-order valence-electron chi connectivity index (χ0n) is 19.3. The first-order valence-electron chi connectivity index (χ1n) is 11.4. The van der Waals surface area contributed by atoms with Crippen molar-refractivity contribution < 1.29 is 19.8 Å². The molecule has 0 fully saturated rings. The van der Waals surface area contributed by atoms with Crippen molar-refractivity contribution in [2.45, 2.75) is 31.3 Å². The van der Waals surface area contributed by atoms with E-state index in [9.17, 15) is 19.8 Å². The molecule has 0 aliphatic carbocycles. The number of nitrogens with zero attached hydrogens (tertiary/aromatic N) is 1. The molecule has 182 valence electrons. The maximum Gasteiger partial charge on any atom is 0.326 e. The van der Waals surface area contributed by atoms with Gasteiger partial charge in [0.1, 0.15) is 11.8 Å². The molecule has 0 aliphatic rings. The van der Waals surface area contributed by atoms with E-state index < -0.39 is 17.9 Å². The van der Waals surface area contributed by atoms with Crippen molar-refractivity contribution in [3.63, 3.8) is 0 Å². The third-order valence-electron chi connectivity index (χ3n) is 5.69. The molecule has 8 heteroatoms. The van der Waals surface area contributed by atoms with Gasteiger partial charge in [-0.1, -0.05) is 72.8 Å². The van der Waals surface area contributed by atoms with Gasteiger partial charge in [-0.25, -0.2) is 4.79 Å². The number of aromatic hydroxyl groups is 1. The summed E-state index contributed by atoms with van der Waals surface area (Å²) < 4.78 is 0. The molecule has 0 unspecified atom stereocenters. The standard InChI is InChI=1S/C27H30N4O4/c28-27(29)30-16-8-15-23(26(34)35)31(18-19-9-7-14-22(32)17-19)25(33)24(20-10-3-1-4-11-20)21-12-5-2-6-13-21/h1-7,9-14,17,23-24,32H,8,15-16,18H2,(H,34,35)(H4,28,29,30)/t23-/m0/s1. The number of carbonyl (C=O) groups excluding carboxylic acids is 1. The van der Waals surface area contributed by atoms with E-state index in [-0.39, 0.29) is 30.6 Å². The van der Waals surface area contributed by atoms with Crippen LogP contribution in [0, 0.1) is 5.41 Å². The quantitative estimate of drug-likeness (QED) is 0.164. The van der Waals surface area contributed by atoms with Crippen LogP contribution in [0.2, 0.25) is 0 Å². The zero-order chi connectivity index (χ0) is 25.2. The number of nitrogens with one attached hydrogen (secondary N) is 2. The number of guanidine groups is 1. The van der Waals surface area contributed by atoms with Gasteiger partial charge in [-0.2, -0.15) is 0 Å². The summed E-state index contributed by atoms with van der Waals surface area (Å²) in [6, 6.07) is 23.9. The first-order chi connectivity index (χ1) is 16.9. The summed E-state index contributed by atoms with van der Waals surface area (Å²) in [5, 5.41) is 30.0. The fraction of sp³-hybridized carbons (Fsp3) is 0.222. The van der Waals surface area contributed by atoms with E-state index in [2.05, 4.69) is 5.32 Å². The molecule has 0 bridgehead atoms. The first-order valence-corrected chi connectivity index (χ1v) is 11.4. The van der Waals surface area contributed by atoms with Crippen molar-refractivity contribution in [2.75, 3.05) is 6.54 Å². The molecule has 0 aromatic heterocycles. The lowest BCUT2D eigenvalue weighted by Crippen LogP contribution is -2.47. The van der Waals surface area contributed by atoms with Crippen molar-refractivity contribution >= 4 is 17.8 Å². The third-order valence-corrected chi connectivity index (χ3v) is 5.69. The van der Waals surface area contributed by atoms with Crippen LogP contribution in [0.5, 0.6) is 5.75 Å². The lowest BCUT2D eigenvalue weighted by molar-refractivity contribution is -0.151. The Morgan fingerprint density at radius 3 is 2.06 bits per heavy atom. The number of phenolic OH excluding ortho intramolecular Hbond substituents is 1. The van der Waals surface area contributed by atoms with E-state index in [0.717, 1.165) is 11.1 Å². The Morgan fingerprint density at radius 2 is 1.54 bits per heavy atom. The zero-order valence-corrected chi connectivity index (χ0v) is 19.3. The van der Waals surface area contributed by atoms with Crippen LogP contribution in [0.15, 0.2) is 84.9 Å². The van der Waals surface area contributed by atoms with Crippen LogP contribution in [0.4, 0.5) is 0 Å². The number of rotatable bonds is 11. The number of benzene rings is 3. The van der Waals surface area contributed by atoms with E-state index in [1.54, 1.807) is 12.1 Å². The van der Waals surface area contributed by atoms with Gasteiger partial charge >= 0.3 is 5.97 Å². The Balaban J connectivity index is 2.01. The highest BCUT2D eigenvalue weighted by Crippen LogP contribution is 2.29. The summed E-state index contributed by atoms with van der Waals surface area (Å²) in [7, 11) is 0. The molecule has 6 N–H and O–H groups in total. The SMILES string of the molecule is N=C(N)NCCC[C@@H](C(=O)O)N(Cc1cccc(O)c1)C(=O)C(c1ccccc1)c1ccccc1. The van der Waals surface area contributed by atoms with Crippen LogP contribution in [-0.4, -0.2) is 45.5 Å². The number of hydrogen-bond acceptors (Lipinski definition) is 4. The summed E-state index contributed by atoms with van der Waals surface area (Å²) in [6.45, 7) is 0.328. The van der Waals surface area contributed by atoms with Gasteiger partial charge in [0.25, 0.3) is 0 Å². The van der Waals surface area contributed by atoms with Gasteiger partial charge in [-0.05, 0) is 41.7 Å². The molecule has 0 radical (unpaired) electrons. The van der Waals surface area contributed by atoms with Gasteiger partial charge in [-0.3, -0.25) is 10.2 Å². The molecule has 0 spiro atoms. The van der Waals surface area contributed by atoms with E-state index in [4.69, 9.17) is 11.1 Å². The molecular weight excluding hydrogens is 444 g/mol. The summed E-state index contributed by atoms with van der Waals surface area (Å²) >= 11 is 0. The molecule has 0 heterocycles. The number of aliphatic carboxylic acids is 1. The minimum atomic E-state index is -1.12. The van der Waals surface area contributed by atoms with Gasteiger partial charge < -0.3 is 26.2 Å². The molecular formula is C27H30N4O4. The molecule has 1 amide bonds. The van der Waals surface area contributed by atoms with Crippen LogP contribution in [0.3, 0.4) is 0 Å². The number of carboxylic acids is 1. The second-order valence-corrected chi connectivity index (χ2v) is 8.23. The Morgan fingerprint density at radius 1 is 0.943 bits per heavy atom. The van der Waals surface area contributed by atoms with Crippen LogP contribution in [0.1, 0.15) is 35.4 Å². The number of hydrogen-bond donors (Lipinski definition) is 5. The molecule has 35 heavy (non-hydrogen) atoms.